The molecule has 1 N–H and O–H groups in total. The Balaban J connectivity index is 1.46. The molecule has 2 saturated carbocycles. The number of aryl methyl sites for hydroxylation is 1. The minimum atomic E-state index is 0.792. The third-order valence-electron chi connectivity index (χ3n) is 4.69. The first-order valence-corrected chi connectivity index (χ1v) is 7.12. The molecule has 0 saturated heterocycles. The van der Waals surface area contributed by atoms with Crippen LogP contribution < -0.4 is 5.32 Å². The molecule has 0 spiro atoms. The molecular formula is C16H23N. The maximum atomic E-state index is 3.74. The van der Waals surface area contributed by atoms with Gasteiger partial charge in [0.1, 0.15) is 0 Å². The molecule has 3 rings (SSSR count). The minimum Gasteiger partial charge on any atom is -0.314 e. The van der Waals surface area contributed by atoms with Crippen LogP contribution in [0.1, 0.15) is 49.1 Å². The van der Waals surface area contributed by atoms with E-state index in [4.69, 9.17) is 0 Å². The molecule has 92 valence electrons. The van der Waals surface area contributed by atoms with Gasteiger partial charge >= 0.3 is 0 Å². The zero-order valence-electron chi connectivity index (χ0n) is 10.8. The second-order valence-corrected chi connectivity index (χ2v) is 5.93. The van der Waals surface area contributed by atoms with Gasteiger partial charge < -0.3 is 5.32 Å². The number of hydrogen-bond donors (Lipinski definition) is 1. The van der Waals surface area contributed by atoms with Crippen molar-refractivity contribution in [2.75, 3.05) is 6.54 Å². The topological polar surface area (TPSA) is 12.0 Å². The highest BCUT2D eigenvalue weighted by Crippen LogP contribution is 2.38. The fraction of sp³-hybridized carbons (Fsp3) is 0.625. The van der Waals surface area contributed by atoms with Gasteiger partial charge in [0.25, 0.3) is 0 Å². The van der Waals surface area contributed by atoms with Gasteiger partial charge in [-0.05, 0) is 62.1 Å². The molecule has 0 unspecified atom stereocenters. The highest BCUT2D eigenvalue weighted by Gasteiger charge is 2.31. The highest BCUT2D eigenvalue weighted by molar-refractivity contribution is 5.31. The van der Waals surface area contributed by atoms with E-state index in [2.05, 4.69) is 36.5 Å². The summed E-state index contributed by atoms with van der Waals surface area (Å²) in [6, 6.07) is 9.66. The molecule has 17 heavy (non-hydrogen) atoms. The van der Waals surface area contributed by atoms with Gasteiger partial charge in [-0.25, -0.2) is 0 Å². The van der Waals surface area contributed by atoms with Crippen molar-refractivity contribution in [1.82, 2.24) is 5.32 Å². The van der Waals surface area contributed by atoms with E-state index < -0.39 is 0 Å². The van der Waals surface area contributed by atoms with Crippen molar-refractivity contribution in [3.05, 3.63) is 35.4 Å². The molecule has 1 heteroatoms. The molecular weight excluding hydrogens is 206 g/mol. The van der Waals surface area contributed by atoms with Crippen molar-refractivity contribution in [2.24, 2.45) is 5.92 Å². The molecule has 0 atom stereocenters. The summed E-state index contributed by atoms with van der Waals surface area (Å²) in [4.78, 5) is 0. The van der Waals surface area contributed by atoms with Gasteiger partial charge in [-0.15, -0.1) is 0 Å². The Hall–Kier alpha value is -0.820. The lowest BCUT2D eigenvalue weighted by Gasteiger charge is -2.39. The molecule has 0 heterocycles. The zero-order valence-corrected chi connectivity index (χ0v) is 10.8. The molecule has 0 bridgehead atoms. The van der Waals surface area contributed by atoms with Gasteiger partial charge in [-0.3, -0.25) is 0 Å². The van der Waals surface area contributed by atoms with Crippen molar-refractivity contribution in [3.8, 4) is 0 Å². The van der Waals surface area contributed by atoms with E-state index in [0.29, 0.717) is 0 Å². The summed E-state index contributed by atoms with van der Waals surface area (Å²) in [6.45, 7) is 3.51. The Bertz CT molecular complexity index is 375. The average molecular weight is 229 g/mol. The predicted molar refractivity (Wildman–Crippen MR) is 72.3 cm³/mol. The van der Waals surface area contributed by atoms with E-state index in [9.17, 15) is 0 Å². The van der Waals surface area contributed by atoms with Gasteiger partial charge in [-0.2, -0.15) is 0 Å². The maximum absolute atomic E-state index is 3.74. The first-order valence-electron chi connectivity index (χ1n) is 7.12. The molecule has 0 amide bonds. The largest absolute Gasteiger partial charge is 0.314 e. The number of nitrogens with one attached hydrogen (secondary N) is 1. The van der Waals surface area contributed by atoms with Crippen LogP contribution in [0.4, 0.5) is 0 Å². The van der Waals surface area contributed by atoms with Crippen LogP contribution in [-0.4, -0.2) is 12.6 Å². The van der Waals surface area contributed by atoms with Gasteiger partial charge in [0.05, 0.1) is 0 Å². The fourth-order valence-corrected chi connectivity index (χ4v) is 3.11. The summed E-state index contributed by atoms with van der Waals surface area (Å²) >= 11 is 0. The maximum Gasteiger partial charge on any atom is 0.00788 e. The first-order chi connectivity index (χ1) is 8.33. The lowest BCUT2D eigenvalue weighted by molar-refractivity contribution is 0.237. The molecule has 0 aromatic heterocycles. The molecule has 2 fully saturated rings. The summed E-state index contributed by atoms with van der Waals surface area (Å²) in [7, 11) is 0. The van der Waals surface area contributed by atoms with Gasteiger partial charge in [0.15, 0.2) is 0 Å². The van der Waals surface area contributed by atoms with Gasteiger partial charge in [-0.1, -0.05) is 30.7 Å². The summed E-state index contributed by atoms with van der Waals surface area (Å²) in [6.07, 6.45) is 7.07. The molecule has 1 aromatic rings. The number of hydrogen-bond acceptors (Lipinski definition) is 1. The van der Waals surface area contributed by atoms with Crippen molar-refractivity contribution >= 4 is 0 Å². The lowest BCUT2D eigenvalue weighted by atomic mass is 9.74. The summed E-state index contributed by atoms with van der Waals surface area (Å²) < 4.78 is 0. The predicted octanol–water partition coefficient (Wildman–Crippen LogP) is 3.63. The Kier molecular flexibility index (Phi) is 3.19. The van der Waals surface area contributed by atoms with Crippen LogP contribution >= 0.6 is 0 Å². The van der Waals surface area contributed by atoms with E-state index in [-0.39, 0.29) is 0 Å². The molecule has 0 aliphatic heterocycles. The fourth-order valence-electron chi connectivity index (χ4n) is 3.11. The average Bonchev–Trinajstić information content (AvgIpc) is 2.20. The number of rotatable bonds is 4. The Morgan fingerprint density at radius 3 is 2.59 bits per heavy atom. The Morgan fingerprint density at radius 1 is 1.18 bits per heavy atom. The third kappa shape index (κ3) is 2.40. The summed E-state index contributed by atoms with van der Waals surface area (Å²) in [5.74, 6) is 1.81. The van der Waals surface area contributed by atoms with Gasteiger partial charge in [0, 0.05) is 6.04 Å². The monoisotopic (exact) mass is 229 g/mol. The van der Waals surface area contributed by atoms with Crippen molar-refractivity contribution in [3.63, 3.8) is 0 Å². The molecule has 2 aliphatic carbocycles. The van der Waals surface area contributed by atoms with Crippen LogP contribution in [-0.2, 0) is 0 Å². The molecule has 0 radical (unpaired) electrons. The van der Waals surface area contributed by atoms with Crippen molar-refractivity contribution in [1.29, 1.82) is 0 Å². The Labute approximate surface area is 105 Å². The molecule has 1 nitrogen and oxygen atoms in total. The summed E-state index contributed by atoms with van der Waals surface area (Å²) in [5, 5.41) is 3.74. The SMILES string of the molecule is Cc1ccccc1C1CC(NCC2CCC2)C1. The number of benzene rings is 1. The van der Waals surface area contributed by atoms with Crippen LogP contribution in [0.5, 0.6) is 0 Å². The Morgan fingerprint density at radius 2 is 1.94 bits per heavy atom. The van der Waals surface area contributed by atoms with E-state index >= 15 is 0 Å². The van der Waals surface area contributed by atoms with Gasteiger partial charge in [0.2, 0.25) is 0 Å². The van der Waals surface area contributed by atoms with Crippen LogP contribution in [0, 0.1) is 12.8 Å². The van der Waals surface area contributed by atoms with Crippen LogP contribution in [0.15, 0.2) is 24.3 Å². The van der Waals surface area contributed by atoms with Crippen LogP contribution in [0.3, 0.4) is 0 Å². The highest BCUT2D eigenvalue weighted by atomic mass is 14.9. The summed E-state index contributed by atoms with van der Waals surface area (Å²) in [5.41, 5.74) is 3.05. The van der Waals surface area contributed by atoms with Crippen LogP contribution in [0.25, 0.3) is 0 Å². The lowest BCUT2D eigenvalue weighted by Crippen LogP contribution is -2.43. The smallest absolute Gasteiger partial charge is 0.00788 e. The van der Waals surface area contributed by atoms with Crippen molar-refractivity contribution in [2.45, 2.75) is 51.0 Å². The quantitative estimate of drug-likeness (QED) is 0.831. The molecule has 2 aliphatic rings. The standard InChI is InChI=1S/C16H23N/c1-12-5-2-3-8-16(12)14-9-15(10-14)17-11-13-6-4-7-13/h2-3,5,8,13-15,17H,4,6-7,9-11H2,1H3. The van der Waals surface area contributed by atoms with Crippen LogP contribution in [0.2, 0.25) is 0 Å². The zero-order chi connectivity index (χ0) is 11.7. The second-order valence-electron chi connectivity index (χ2n) is 5.93. The van der Waals surface area contributed by atoms with E-state index in [0.717, 1.165) is 17.9 Å². The minimum absolute atomic E-state index is 0.792. The van der Waals surface area contributed by atoms with E-state index in [1.165, 1.54) is 44.2 Å². The second kappa shape index (κ2) is 4.81. The van der Waals surface area contributed by atoms with E-state index in [1.54, 1.807) is 5.56 Å². The normalized spacial score (nSPS) is 28.5. The van der Waals surface area contributed by atoms with E-state index in [1.807, 2.05) is 0 Å². The first kappa shape index (κ1) is 11.3. The third-order valence-corrected chi connectivity index (χ3v) is 4.69. The molecule has 1 aromatic carbocycles. The van der Waals surface area contributed by atoms with Crippen molar-refractivity contribution < 1.29 is 0 Å².